The Bertz CT molecular complexity index is 31.3. The minimum absolute atomic E-state index is 0.639. The molecule has 0 aliphatic heterocycles. The lowest BCUT2D eigenvalue weighted by Crippen LogP contribution is -2.08. The third kappa shape index (κ3) is 40.8. The summed E-state index contributed by atoms with van der Waals surface area (Å²) in [5.74, 6) is 0. The summed E-state index contributed by atoms with van der Waals surface area (Å²) in [7, 11) is 1.50. The van der Waals surface area contributed by atoms with Crippen molar-refractivity contribution in [2.75, 3.05) is 26.8 Å². The lowest BCUT2D eigenvalue weighted by molar-refractivity contribution is 0.142. The predicted molar refractivity (Wildman–Crippen MR) is 51.6 cm³/mol. The molecule has 72 valence electrons. The maximum atomic E-state index is 5.14. The van der Waals surface area contributed by atoms with Crippen molar-refractivity contribution in [3.05, 3.63) is 0 Å². The lowest BCUT2D eigenvalue weighted by Gasteiger charge is -1.95. The maximum Gasteiger partial charge on any atom is 0.0588 e. The molecule has 0 aliphatic rings. The molecule has 0 spiro atoms. The molecule has 0 saturated carbocycles. The number of hydrogen-bond acceptors (Lipinski definition) is 3. The van der Waals surface area contributed by atoms with Gasteiger partial charge in [0.1, 0.15) is 0 Å². The number of hydrogen-bond donors (Lipinski definition) is 2. The highest BCUT2D eigenvalue weighted by Crippen LogP contribution is 1.75. The standard InChI is InChI=1S/C5H13NO.C2H6.CH5N/c1-2-4-7-5-3-6;2*1-2/h2-6H2,1H3;1-2H3;2H2,1H3. The van der Waals surface area contributed by atoms with Crippen molar-refractivity contribution < 1.29 is 4.74 Å². The van der Waals surface area contributed by atoms with E-state index in [2.05, 4.69) is 12.7 Å². The molecular weight excluding hydrogens is 140 g/mol. The van der Waals surface area contributed by atoms with E-state index in [1.165, 1.54) is 7.05 Å². The molecule has 0 amide bonds. The molecule has 0 unspecified atom stereocenters. The van der Waals surface area contributed by atoms with Gasteiger partial charge in [0, 0.05) is 13.2 Å². The van der Waals surface area contributed by atoms with Gasteiger partial charge in [0.05, 0.1) is 6.61 Å². The van der Waals surface area contributed by atoms with Gasteiger partial charge in [-0.2, -0.15) is 0 Å². The van der Waals surface area contributed by atoms with Gasteiger partial charge in [-0.15, -0.1) is 0 Å². The van der Waals surface area contributed by atoms with Crippen LogP contribution in [0.1, 0.15) is 27.2 Å². The van der Waals surface area contributed by atoms with E-state index >= 15 is 0 Å². The highest BCUT2D eigenvalue weighted by atomic mass is 16.5. The van der Waals surface area contributed by atoms with Crippen LogP contribution in [-0.2, 0) is 4.74 Å². The van der Waals surface area contributed by atoms with Gasteiger partial charge in [0.15, 0.2) is 0 Å². The molecule has 3 heteroatoms. The molecule has 0 atom stereocenters. The minimum atomic E-state index is 0.639. The van der Waals surface area contributed by atoms with Crippen molar-refractivity contribution in [1.29, 1.82) is 0 Å². The highest BCUT2D eigenvalue weighted by Gasteiger charge is 1.77. The Hall–Kier alpha value is -0.120. The maximum absolute atomic E-state index is 5.14. The van der Waals surface area contributed by atoms with Crippen LogP contribution in [0, 0.1) is 0 Å². The molecule has 0 aromatic heterocycles. The average molecular weight is 164 g/mol. The van der Waals surface area contributed by atoms with Crippen molar-refractivity contribution in [1.82, 2.24) is 0 Å². The van der Waals surface area contributed by atoms with E-state index < -0.39 is 0 Å². The first-order valence-corrected chi connectivity index (χ1v) is 4.27. The van der Waals surface area contributed by atoms with E-state index in [0.29, 0.717) is 13.2 Å². The number of ether oxygens (including phenoxy) is 1. The summed E-state index contributed by atoms with van der Waals surface area (Å²) in [6.45, 7) is 8.27. The fraction of sp³-hybridized carbons (Fsp3) is 1.00. The third-order valence-corrected chi connectivity index (χ3v) is 0.611. The summed E-state index contributed by atoms with van der Waals surface area (Å²) >= 11 is 0. The van der Waals surface area contributed by atoms with Gasteiger partial charge in [0.2, 0.25) is 0 Å². The van der Waals surface area contributed by atoms with Gasteiger partial charge in [-0.1, -0.05) is 20.8 Å². The van der Waals surface area contributed by atoms with Crippen molar-refractivity contribution in [3.8, 4) is 0 Å². The second-order valence-corrected chi connectivity index (χ2v) is 1.40. The molecule has 0 aromatic carbocycles. The Morgan fingerprint density at radius 2 is 1.55 bits per heavy atom. The van der Waals surface area contributed by atoms with E-state index in [1.807, 2.05) is 13.8 Å². The summed E-state index contributed by atoms with van der Waals surface area (Å²) in [5, 5.41) is 0. The Morgan fingerprint density at radius 1 is 1.09 bits per heavy atom. The molecular formula is C8H24N2O. The van der Waals surface area contributed by atoms with Crippen molar-refractivity contribution >= 4 is 0 Å². The summed E-state index contributed by atoms with van der Waals surface area (Å²) in [5.41, 5.74) is 9.64. The summed E-state index contributed by atoms with van der Waals surface area (Å²) in [6, 6.07) is 0. The zero-order chi connectivity index (χ0) is 9.54. The Morgan fingerprint density at radius 3 is 1.82 bits per heavy atom. The lowest BCUT2D eigenvalue weighted by atomic mass is 10.5. The first-order valence-electron chi connectivity index (χ1n) is 4.27. The quantitative estimate of drug-likeness (QED) is 0.609. The van der Waals surface area contributed by atoms with Gasteiger partial charge in [0.25, 0.3) is 0 Å². The largest absolute Gasteiger partial charge is 0.380 e. The first-order chi connectivity index (χ1) is 5.41. The van der Waals surface area contributed by atoms with Gasteiger partial charge in [-0.3, -0.25) is 0 Å². The molecule has 3 nitrogen and oxygen atoms in total. The van der Waals surface area contributed by atoms with Crippen LogP contribution in [0.15, 0.2) is 0 Å². The first kappa shape index (κ1) is 17.1. The molecule has 0 aromatic rings. The predicted octanol–water partition coefficient (Wildman–Crippen LogP) is 0.973. The van der Waals surface area contributed by atoms with Crippen molar-refractivity contribution in [3.63, 3.8) is 0 Å². The molecule has 0 fully saturated rings. The smallest absolute Gasteiger partial charge is 0.0588 e. The van der Waals surface area contributed by atoms with Crippen LogP contribution in [0.5, 0.6) is 0 Å². The SMILES string of the molecule is CC.CCCOCCN.CN. The third-order valence-electron chi connectivity index (χ3n) is 0.611. The van der Waals surface area contributed by atoms with Crippen LogP contribution in [0.4, 0.5) is 0 Å². The molecule has 0 aliphatic carbocycles. The van der Waals surface area contributed by atoms with E-state index in [0.717, 1.165) is 13.0 Å². The molecule has 0 bridgehead atoms. The fourth-order valence-electron chi connectivity index (χ4n) is 0.330. The van der Waals surface area contributed by atoms with E-state index in [4.69, 9.17) is 10.5 Å². The van der Waals surface area contributed by atoms with Crippen molar-refractivity contribution in [2.45, 2.75) is 27.2 Å². The minimum Gasteiger partial charge on any atom is -0.380 e. The summed E-state index contributed by atoms with van der Waals surface area (Å²) in [6.07, 6.45) is 1.08. The highest BCUT2D eigenvalue weighted by molar-refractivity contribution is 4.29. The van der Waals surface area contributed by atoms with Crippen LogP contribution in [0.2, 0.25) is 0 Å². The molecule has 0 rings (SSSR count). The van der Waals surface area contributed by atoms with Gasteiger partial charge in [-0.25, -0.2) is 0 Å². The molecule has 11 heavy (non-hydrogen) atoms. The van der Waals surface area contributed by atoms with Crippen LogP contribution in [0.3, 0.4) is 0 Å². The zero-order valence-corrected chi connectivity index (χ0v) is 8.39. The average Bonchev–Trinajstić information content (AvgIpc) is 2.13. The van der Waals surface area contributed by atoms with Gasteiger partial charge >= 0.3 is 0 Å². The molecule has 0 radical (unpaired) electrons. The second kappa shape index (κ2) is 32.7. The molecule has 4 N–H and O–H groups in total. The molecule has 0 heterocycles. The number of nitrogens with two attached hydrogens (primary N) is 2. The summed E-state index contributed by atoms with van der Waals surface area (Å²) < 4.78 is 5.01. The van der Waals surface area contributed by atoms with Crippen LogP contribution >= 0.6 is 0 Å². The topological polar surface area (TPSA) is 61.3 Å². The van der Waals surface area contributed by atoms with E-state index in [1.54, 1.807) is 0 Å². The Labute approximate surface area is 71.1 Å². The second-order valence-electron chi connectivity index (χ2n) is 1.40. The normalized spacial score (nSPS) is 7.09. The number of rotatable bonds is 4. The van der Waals surface area contributed by atoms with Crippen molar-refractivity contribution in [2.24, 2.45) is 11.5 Å². The summed E-state index contributed by atoms with van der Waals surface area (Å²) in [4.78, 5) is 0. The van der Waals surface area contributed by atoms with E-state index in [-0.39, 0.29) is 0 Å². The molecule has 0 saturated heterocycles. The van der Waals surface area contributed by atoms with E-state index in [9.17, 15) is 0 Å². The monoisotopic (exact) mass is 164 g/mol. The Balaban J connectivity index is -0.000000138. The zero-order valence-electron chi connectivity index (χ0n) is 8.39. The van der Waals surface area contributed by atoms with Gasteiger partial charge in [-0.05, 0) is 13.5 Å². The van der Waals surface area contributed by atoms with Crippen LogP contribution in [0.25, 0.3) is 0 Å². The van der Waals surface area contributed by atoms with Gasteiger partial charge < -0.3 is 16.2 Å². The Kier molecular flexibility index (Phi) is 50.9. The van der Waals surface area contributed by atoms with Crippen LogP contribution in [-0.4, -0.2) is 26.8 Å². The fourth-order valence-corrected chi connectivity index (χ4v) is 0.330. The van der Waals surface area contributed by atoms with Crippen LogP contribution < -0.4 is 11.5 Å².